The Bertz CT molecular complexity index is 1630. The van der Waals surface area contributed by atoms with E-state index in [1.165, 1.54) is 12.1 Å². The lowest BCUT2D eigenvalue weighted by Gasteiger charge is -2.20. The number of benzene rings is 2. The number of rotatable bonds is 6. The average molecular weight is 571 g/mol. The zero-order chi connectivity index (χ0) is 27.3. The highest BCUT2D eigenvalue weighted by Crippen LogP contribution is 2.42. The lowest BCUT2D eigenvalue weighted by molar-refractivity contribution is 0.188. The Morgan fingerprint density at radius 1 is 1.23 bits per heavy atom. The standard InChI is InChI=1S/C26H25ClF2N8OS/c1-36-7-2-3-14(36)11-38-26-34-21-16(24(35-26)32-13-6-8-37(10-13)12-30)9-17(27)19(20(21)29)15-4-5-18(28)23-22(15)33-25(31)39-23/h4-5,9,13-14H,2-3,6-8,10-11H2,1H3,(H2,31,33)(H,32,34,35)/t13?,14-/m0/s1. The normalized spacial score (nSPS) is 19.7. The van der Waals surface area contributed by atoms with Crippen molar-refractivity contribution >= 4 is 55.0 Å². The fourth-order valence-corrected chi connectivity index (χ4v) is 6.37. The van der Waals surface area contributed by atoms with Gasteiger partial charge in [-0.2, -0.15) is 15.2 Å². The molecule has 202 valence electrons. The van der Waals surface area contributed by atoms with Crippen LogP contribution >= 0.6 is 22.9 Å². The van der Waals surface area contributed by atoms with Crippen molar-refractivity contribution in [2.75, 3.05) is 44.3 Å². The van der Waals surface area contributed by atoms with Gasteiger partial charge in [-0.15, -0.1) is 0 Å². The molecule has 0 radical (unpaired) electrons. The van der Waals surface area contributed by atoms with Gasteiger partial charge in [0.25, 0.3) is 0 Å². The highest BCUT2D eigenvalue weighted by Gasteiger charge is 2.27. The fraction of sp³-hybridized carbons (Fsp3) is 0.385. The molecule has 0 aliphatic carbocycles. The lowest BCUT2D eigenvalue weighted by atomic mass is 10.0. The predicted octanol–water partition coefficient (Wildman–Crippen LogP) is 4.86. The topological polar surface area (TPSA) is 116 Å². The van der Waals surface area contributed by atoms with E-state index in [2.05, 4.69) is 31.4 Å². The number of halogens is 3. The molecular formula is C26H25ClF2N8OS. The van der Waals surface area contributed by atoms with Crippen LogP contribution in [0.5, 0.6) is 6.01 Å². The molecule has 0 amide bonds. The van der Waals surface area contributed by atoms with Crippen LogP contribution in [0.1, 0.15) is 19.3 Å². The number of anilines is 2. The number of fused-ring (bicyclic) bond motifs is 2. The minimum absolute atomic E-state index is 0.0116. The van der Waals surface area contributed by atoms with Gasteiger partial charge in [0.05, 0.1) is 15.2 Å². The molecule has 0 saturated carbocycles. The zero-order valence-electron chi connectivity index (χ0n) is 21.0. The molecule has 6 rings (SSSR count). The van der Waals surface area contributed by atoms with Crippen LogP contribution in [0.4, 0.5) is 19.7 Å². The highest BCUT2D eigenvalue weighted by molar-refractivity contribution is 7.22. The van der Waals surface area contributed by atoms with Gasteiger partial charge in [-0.25, -0.2) is 13.8 Å². The van der Waals surface area contributed by atoms with Gasteiger partial charge in [0.15, 0.2) is 17.1 Å². The number of nitrogen functional groups attached to an aromatic ring is 1. The number of likely N-dealkylation sites (tertiary alicyclic amines) is 2. The Labute approximate surface area is 232 Å². The third-order valence-corrected chi connectivity index (χ3v) is 8.58. The molecule has 9 nitrogen and oxygen atoms in total. The van der Waals surface area contributed by atoms with Crippen molar-refractivity contribution in [2.45, 2.75) is 31.3 Å². The summed E-state index contributed by atoms with van der Waals surface area (Å²) in [4.78, 5) is 17.1. The average Bonchev–Trinajstić information content (AvgIpc) is 3.64. The van der Waals surface area contributed by atoms with Gasteiger partial charge >= 0.3 is 6.01 Å². The summed E-state index contributed by atoms with van der Waals surface area (Å²) < 4.78 is 37.0. The Balaban J connectivity index is 1.47. The number of ether oxygens (including phenoxy) is 1. The summed E-state index contributed by atoms with van der Waals surface area (Å²) in [6, 6.07) is 4.45. The Hall–Kier alpha value is -3.53. The van der Waals surface area contributed by atoms with Crippen molar-refractivity contribution in [1.29, 1.82) is 5.26 Å². The number of nitriles is 1. The van der Waals surface area contributed by atoms with E-state index in [0.717, 1.165) is 37.1 Å². The predicted molar refractivity (Wildman–Crippen MR) is 148 cm³/mol. The summed E-state index contributed by atoms with van der Waals surface area (Å²) in [6.45, 7) is 2.47. The molecule has 2 aliphatic heterocycles. The highest BCUT2D eigenvalue weighted by atomic mass is 35.5. The number of aromatic nitrogens is 3. The first-order valence-electron chi connectivity index (χ1n) is 12.6. The largest absolute Gasteiger partial charge is 0.462 e. The first-order valence-corrected chi connectivity index (χ1v) is 13.8. The third-order valence-electron chi connectivity index (χ3n) is 7.39. The summed E-state index contributed by atoms with van der Waals surface area (Å²) >= 11 is 7.65. The van der Waals surface area contributed by atoms with Crippen LogP contribution < -0.4 is 15.8 Å². The van der Waals surface area contributed by atoms with E-state index < -0.39 is 11.6 Å². The first-order chi connectivity index (χ1) is 18.8. The van der Waals surface area contributed by atoms with Crippen LogP contribution in [0.3, 0.4) is 0 Å². The van der Waals surface area contributed by atoms with Gasteiger partial charge in [-0.3, -0.25) is 0 Å². The molecule has 13 heteroatoms. The van der Waals surface area contributed by atoms with E-state index in [0.29, 0.717) is 36.5 Å². The Morgan fingerprint density at radius 3 is 2.82 bits per heavy atom. The summed E-state index contributed by atoms with van der Waals surface area (Å²) in [7, 11) is 2.04. The van der Waals surface area contributed by atoms with Gasteiger partial charge in [-0.1, -0.05) is 22.9 Å². The number of hydrogen-bond acceptors (Lipinski definition) is 10. The van der Waals surface area contributed by atoms with Crippen LogP contribution in [0.25, 0.3) is 32.2 Å². The van der Waals surface area contributed by atoms with Crippen molar-refractivity contribution in [2.24, 2.45) is 0 Å². The maximum atomic E-state index is 16.4. The number of thiazole rings is 1. The van der Waals surface area contributed by atoms with Crippen LogP contribution in [0.15, 0.2) is 18.2 Å². The minimum Gasteiger partial charge on any atom is -0.462 e. The molecule has 0 spiro atoms. The second kappa shape index (κ2) is 10.2. The van der Waals surface area contributed by atoms with Crippen molar-refractivity contribution in [3.8, 4) is 23.3 Å². The van der Waals surface area contributed by atoms with E-state index in [4.69, 9.17) is 22.1 Å². The quantitative estimate of drug-likeness (QED) is 0.313. The number of nitrogens with one attached hydrogen (secondary N) is 1. The third kappa shape index (κ3) is 4.75. The minimum atomic E-state index is -0.699. The molecule has 2 atom stereocenters. The molecule has 0 bridgehead atoms. The van der Waals surface area contributed by atoms with E-state index in [-0.39, 0.29) is 49.5 Å². The zero-order valence-corrected chi connectivity index (χ0v) is 22.6. The van der Waals surface area contributed by atoms with Crippen LogP contribution in [0, 0.1) is 23.1 Å². The Morgan fingerprint density at radius 2 is 2.08 bits per heavy atom. The Kier molecular flexibility index (Phi) is 6.74. The van der Waals surface area contributed by atoms with Gasteiger partial charge < -0.3 is 25.6 Å². The van der Waals surface area contributed by atoms with Crippen LogP contribution in [0.2, 0.25) is 5.02 Å². The van der Waals surface area contributed by atoms with E-state index in [1.54, 1.807) is 11.0 Å². The van der Waals surface area contributed by atoms with Crippen molar-refractivity contribution in [3.63, 3.8) is 0 Å². The maximum Gasteiger partial charge on any atom is 0.319 e. The summed E-state index contributed by atoms with van der Waals surface area (Å²) in [5.41, 5.74) is 6.44. The second-order valence-electron chi connectivity index (χ2n) is 9.89. The van der Waals surface area contributed by atoms with Gasteiger partial charge in [0, 0.05) is 41.7 Å². The molecular weight excluding hydrogens is 546 g/mol. The number of nitrogens with zero attached hydrogens (tertiary/aromatic N) is 6. The summed E-state index contributed by atoms with van der Waals surface area (Å²) in [5, 5.41) is 13.2. The molecule has 3 N–H and O–H groups in total. The monoisotopic (exact) mass is 570 g/mol. The van der Waals surface area contributed by atoms with E-state index >= 15 is 4.39 Å². The van der Waals surface area contributed by atoms with Crippen LogP contribution in [-0.2, 0) is 0 Å². The van der Waals surface area contributed by atoms with Crippen molar-refractivity contribution in [1.82, 2.24) is 24.8 Å². The molecule has 2 aliphatic rings. The molecule has 2 saturated heterocycles. The molecule has 2 fully saturated rings. The number of nitrogens with two attached hydrogens (primary N) is 1. The molecule has 1 unspecified atom stereocenters. The maximum absolute atomic E-state index is 16.4. The molecule has 2 aromatic heterocycles. The van der Waals surface area contributed by atoms with Crippen LogP contribution in [-0.4, -0.2) is 70.1 Å². The summed E-state index contributed by atoms with van der Waals surface area (Å²) in [6.07, 6.45) is 4.95. The second-order valence-corrected chi connectivity index (χ2v) is 11.3. The summed E-state index contributed by atoms with van der Waals surface area (Å²) in [5.74, 6) is -0.825. The molecule has 4 aromatic rings. The van der Waals surface area contributed by atoms with Crippen molar-refractivity contribution < 1.29 is 13.5 Å². The smallest absolute Gasteiger partial charge is 0.319 e. The van der Waals surface area contributed by atoms with E-state index in [1.807, 2.05) is 7.05 Å². The molecule has 2 aromatic carbocycles. The van der Waals surface area contributed by atoms with Crippen molar-refractivity contribution in [3.05, 3.63) is 34.9 Å². The van der Waals surface area contributed by atoms with Gasteiger partial charge in [0.2, 0.25) is 0 Å². The number of likely N-dealkylation sites (N-methyl/N-ethyl adjacent to an activating group) is 1. The van der Waals surface area contributed by atoms with Gasteiger partial charge in [0.1, 0.15) is 23.8 Å². The van der Waals surface area contributed by atoms with E-state index in [9.17, 15) is 9.65 Å². The SMILES string of the molecule is CN1CCC[C@H]1COc1nc(NC2CCN(C#N)C2)c2cc(Cl)c(-c3ccc(F)c4sc(N)nc34)c(F)c2n1. The lowest BCUT2D eigenvalue weighted by Crippen LogP contribution is -2.31. The first kappa shape index (κ1) is 25.7. The molecule has 4 heterocycles. The number of hydrogen-bond donors (Lipinski definition) is 2. The molecule has 39 heavy (non-hydrogen) atoms. The fourth-order valence-electron chi connectivity index (χ4n) is 5.31. The van der Waals surface area contributed by atoms with Gasteiger partial charge in [-0.05, 0) is 51.1 Å².